The van der Waals surface area contributed by atoms with Crippen molar-refractivity contribution in [2.24, 2.45) is 0 Å². The van der Waals surface area contributed by atoms with E-state index in [1.807, 2.05) is 0 Å². The van der Waals surface area contributed by atoms with Crippen LogP contribution in [0.1, 0.15) is 0 Å². The van der Waals surface area contributed by atoms with Gasteiger partial charge in [-0.15, -0.1) is 0 Å². The van der Waals surface area contributed by atoms with E-state index in [0.29, 0.717) is 34.5 Å². The molecule has 0 aliphatic heterocycles. The number of rotatable bonds is 7. The molecular weight excluding hydrogens is 398 g/mol. The molecule has 31 heavy (non-hydrogen) atoms. The minimum atomic E-state index is -0.456. The van der Waals surface area contributed by atoms with Gasteiger partial charge in [-0.25, -0.2) is 0 Å². The summed E-state index contributed by atoms with van der Waals surface area (Å²) in [5.41, 5.74) is 0.00980. The van der Waals surface area contributed by atoms with Crippen LogP contribution < -0.4 is 14.2 Å². The highest BCUT2D eigenvalue weighted by Gasteiger charge is 2.06. The van der Waals surface area contributed by atoms with Crippen molar-refractivity contribution in [3.05, 3.63) is 107 Å². The van der Waals surface area contributed by atoms with Gasteiger partial charge in [-0.3, -0.25) is 10.1 Å². The summed E-state index contributed by atoms with van der Waals surface area (Å²) < 4.78 is 17.2. The van der Waals surface area contributed by atoms with E-state index in [0.717, 1.165) is 0 Å². The highest BCUT2D eigenvalue weighted by molar-refractivity contribution is 5.42. The predicted molar refractivity (Wildman–Crippen MR) is 114 cm³/mol. The van der Waals surface area contributed by atoms with Crippen LogP contribution in [0.5, 0.6) is 40.2 Å². The summed E-state index contributed by atoms with van der Waals surface area (Å²) in [7, 11) is 0. The van der Waals surface area contributed by atoms with Crippen molar-refractivity contribution < 1.29 is 24.2 Å². The average Bonchev–Trinajstić information content (AvgIpc) is 2.78. The van der Waals surface area contributed by atoms with Gasteiger partial charge in [0.25, 0.3) is 5.69 Å². The van der Waals surface area contributed by atoms with Gasteiger partial charge in [-0.1, -0.05) is 0 Å². The molecule has 0 saturated carbocycles. The first kappa shape index (κ1) is 19.8. The van der Waals surface area contributed by atoms with Crippen LogP contribution in [0.15, 0.2) is 97.1 Å². The van der Waals surface area contributed by atoms with Gasteiger partial charge < -0.3 is 19.3 Å². The third kappa shape index (κ3) is 5.30. The molecule has 0 aromatic heterocycles. The second-order valence-electron chi connectivity index (χ2n) is 6.49. The van der Waals surface area contributed by atoms with Crippen LogP contribution >= 0.6 is 0 Å². The van der Waals surface area contributed by atoms with Crippen molar-refractivity contribution in [3.8, 4) is 40.2 Å². The first-order valence-electron chi connectivity index (χ1n) is 9.32. The molecule has 0 fully saturated rings. The Hall–Kier alpha value is -4.52. The maximum atomic E-state index is 10.7. The molecule has 0 amide bonds. The quantitative estimate of drug-likeness (QED) is 0.267. The Balaban J connectivity index is 1.35. The van der Waals surface area contributed by atoms with Gasteiger partial charge in [0, 0.05) is 12.1 Å². The number of hydrogen-bond donors (Lipinski definition) is 1. The van der Waals surface area contributed by atoms with Gasteiger partial charge in [0.05, 0.1) is 4.92 Å². The zero-order valence-corrected chi connectivity index (χ0v) is 16.2. The van der Waals surface area contributed by atoms with Crippen LogP contribution in [-0.4, -0.2) is 10.0 Å². The highest BCUT2D eigenvalue weighted by Crippen LogP contribution is 2.30. The number of aromatic hydroxyl groups is 1. The fourth-order valence-electron chi connectivity index (χ4n) is 2.71. The molecule has 0 spiro atoms. The standard InChI is InChI=1S/C24H17NO6/c26-18-3-7-20(8-4-18)30-22-11-15-24(16-12-22)31-23-13-9-21(10-14-23)29-19-5-1-17(2-6-19)25(27)28/h1-16,26H. The summed E-state index contributed by atoms with van der Waals surface area (Å²) >= 11 is 0. The minimum absolute atomic E-state index is 0.00980. The number of hydrogen-bond acceptors (Lipinski definition) is 6. The molecule has 0 unspecified atom stereocenters. The van der Waals surface area contributed by atoms with Crippen molar-refractivity contribution >= 4 is 5.69 Å². The smallest absolute Gasteiger partial charge is 0.269 e. The van der Waals surface area contributed by atoms with Crippen LogP contribution in [0.3, 0.4) is 0 Å². The molecule has 154 valence electrons. The van der Waals surface area contributed by atoms with E-state index in [1.165, 1.54) is 12.1 Å². The van der Waals surface area contributed by atoms with Crippen molar-refractivity contribution in [1.29, 1.82) is 0 Å². The lowest BCUT2D eigenvalue weighted by atomic mass is 10.3. The number of ether oxygens (including phenoxy) is 3. The van der Waals surface area contributed by atoms with Gasteiger partial charge >= 0.3 is 0 Å². The number of benzene rings is 4. The van der Waals surface area contributed by atoms with E-state index >= 15 is 0 Å². The first-order valence-corrected chi connectivity index (χ1v) is 9.32. The number of nitro groups is 1. The van der Waals surface area contributed by atoms with E-state index < -0.39 is 4.92 Å². The average molecular weight is 415 g/mol. The molecule has 0 heterocycles. The monoisotopic (exact) mass is 415 g/mol. The van der Waals surface area contributed by atoms with Gasteiger partial charge in [-0.05, 0) is 84.9 Å². The van der Waals surface area contributed by atoms with Crippen LogP contribution in [0, 0.1) is 10.1 Å². The Labute approximate surface area is 177 Å². The molecule has 1 N–H and O–H groups in total. The summed E-state index contributed by atoms with van der Waals surface area (Å²) in [4.78, 5) is 10.2. The predicted octanol–water partition coefficient (Wildman–Crippen LogP) is 6.68. The van der Waals surface area contributed by atoms with E-state index in [-0.39, 0.29) is 11.4 Å². The number of nitro benzene ring substituents is 1. The Morgan fingerprint density at radius 3 is 1.06 bits per heavy atom. The summed E-state index contributed by atoms with van der Waals surface area (Å²) in [6.45, 7) is 0. The number of non-ortho nitro benzene ring substituents is 1. The number of nitrogens with zero attached hydrogens (tertiary/aromatic N) is 1. The molecule has 0 aliphatic rings. The van der Waals surface area contributed by atoms with E-state index in [9.17, 15) is 15.2 Å². The Morgan fingerprint density at radius 1 is 0.516 bits per heavy atom. The maximum Gasteiger partial charge on any atom is 0.269 e. The van der Waals surface area contributed by atoms with Crippen molar-refractivity contribution in [2.75, 3.05) is 0 Å². The number of phenolic OH excluding ortho intramolecular Hbond substituents is 1. The lowest BCUT2D eigenvalue weighted by Crippen LogP contribution is -1.89. The molecular formula is C24H17NO6. The third-order valence-electron chi connectivity index (χ3n) is 4.24. The zero-order valence-electron chi connectivity index (χ0n) is 16.2. The zero-order chi connectivity index (χ0) is 21.6. The minimum Gasteiger partial charge on any atom is -0.508 e. The Bertz CT molecular complexity index is 1150. The van der Waals surface area contributed by atoms with Gasteiger partial charge in [0.15, 0.2) is 0 Å². The first-order chi connectivity index (χ1) is 15.0. The molecule has 0 aliphatic carbocycles. The SMILES string of the molecule is O=[N+]([O-])c1ccc(Oc2ccc(Oc3ccc(Oc4ccc(O)cc4)cc3)cc2)cc1. The third-order valence-corrected chi connectivity index (χ3v) is 4.24. The van der Waals surface area contributed by atoms with E-state index in [1.54, 1.807) is 84.9 Å². The highest BCUT2D eigenvalue weighted by atomic mass is 16.6. The number of phenols is 1. The second kappa shape index (κ2) is 8.87. The lowest BCUT2D eigenvalue weighted by molar-refractivity contribution is -0.384. The molecule has 0 radical (unpaired) electrons. The second-order valence-corrected chi connectivity index (χ2v) is 6.49. The molecule has 4 aromatic carbocycles. The largest absolute Gasteiger partial charge is 0.508 e. The van der Waals surface area contributed by atoms with E-state index in [4.69, 9.17) is 14.2 Å². The fourth-order valence-corrected chi connectivity index (χ4v) is 2.71. The molecule has 0 atom stereocenters. The Morgan fingerprint density at radius 2 is 0.774 bits per heavy atom. The van der Waals surface area contributed by atoms with Gasteiger partial charge in [0.2, 0.25) is 0 Å². The summed E-state index contributed by atoms with van der Waals surface area (Å²) in [6.07, 6.45) is 0. The van der Waals surface area contributed by atoms with Crippen LogP contribution in [-0.2, 0) is 0 Å². The van der Waals surface area contributed by atoms with Crippen molar-refractivity contribution in [3.63, 3.8) is 0 Å². The molecule has 0 saturated heterocycles. The Kier molecular flexibility index (Phi) is 5.66. The molecule has 4 aromatic rings. The van der Waals surface area contributed by atoms with Gasteiger partial charge in [0.1, 0.15) is 40.2 Å². The molecule has 7 nitrogen and oxygen atoms in total. The van der Waals surface area contributed by atoms with Crippen molar-refractivity contribution in [1.82, 2.24) is 0 Å². The fraction of sp³-hybridized carbons (Fsp3) is 0. The maximum absolute atomic E-state index is 10.7. The molecule has 4 rings (SSSR count). The van der Waals surface area contributed by atoms with Crippen LogP contribution in [0.4, 0.5) is 5.69 Å². The van der Waals surface area contributed by atoms with Crippen molar-refractivity contribution in [2.45, 2.75) is 0 Å². The summed E-state index contributed by atoms with van der Waals surface area (Å²) in [5, 5.41) is 20.0. The normalized spacial score (nSPS) is 10.3. The molecule has 0 bridgehead atoms. The van der Waals surface area contributed by atoms with Gasteiger partial charge in [-0.2, -0.15) is 0 Å². The van der Waals surface area contributed by atoms with E-state index in [2.05, 4.69) is 0 Å². The van der Waals surface area contributed by atoms with Crippen LogP contribution in [0.25, 0.3) is 0 Å². The summed E-state index contributed by atoms with van der Waals surface area (Å²) in [5.74, 6) is 3.80. The molecule has 7 heteroatoms. The summed E-state index contributed by atoms with van der Waals surface area (Å²) in [6, 6.07) is 26.5. The topological polar surface area (TPSA) is 91.1 Å². The lowest BCUT2D eigenvalue weighted by Gasteiger charge is -2.09. The van der Waals surface area contributed by atoms with Crippen LogP contribution in [0.2, 0.25) is 0 Å².